The van der Waals surface area contributed by atoms with Gasteiger partial charge in [-0.05, 0) is 23.8 Å². The molecule has 0 saturated carbocycles. The van der Waals surface area contributed by atoms with Gasteiger partial charge in [-0.1, -0.05) is 35.3 Å². The Balaban J connectivity index is 2.31. The average molecular weight is 382 g/mol. The van der Waals surface area contributed by atoms with Crippen molar-refractivity contribution in [1.82, 2.24) is 5.32 Å². The van der Waals surface area contributed by atoms with E-state index in [9.17, 15) is 24.8 Å². The molecule has 2 rings (SSSR count). The van der Waals surface area contributed by atoms with Gasteiger partial charge in [0.1, 0.15) is 0 Å². The van der Waals surface area contributed by atoms with E-state index in [0.717, 1.165) is 0 Å². The van der Waals surface area contributed by atoms with Crippen LogP contribution < -0.4 is 10.4 Å². The number of benzene rings is 2. The Labute approximate surface area is 152 Å². The summed E-state index contributed by atoms with van der Waals surface area (Å²) in [6.45, 7) is 0. The molecule has 9 heteroatoms. The van der Waals surface area contributed by atoms with E-state index in [0.29, 0.717) is 5.02 Å². The van der Waals surface area contributed by atoms with Crippen LogP contribution in [-0.4, -0.2) is 16.8 Å². The van der Waals surface area contributed by atoms with Crippen LogP contribution >= 0.6 is 23.2 Å². The van der Waals surface area contributed by atoms with E-state index in [1.165, 1.54) is 42.5 Å². The molecule has 7 nitrogen and oxygen atoms in total. The summed E-state index contributed by atoms with van der Waals surface area (Å²) in [5.74, 6) is -2.06. The quantitative estimate of drug-likeness (QED) is 0.609. The number of nitro benzene ring substituents is 1. The molecule has 0 aromatic heterocycles. The van der Waals surface area contributed by atoms with Crippen molar-refractivity contribution in [2.45, 2.75) is 12.5 Å². The van der Waals surface area contributed by atoms with Crippen LogP contribution in [0.25, 0.3) is 0 Å². The number of carboxylic acids is 1. The molecule has 0 unspecified atom stereocenters. The minimum Gasteiger partial charge on any atom is -0.550 e. The van der Waals surface area contributed by atoms with Gasteiger partial charge >= 0.3 is 0 Å². The summed E-state index contributed by atoms with van der Waals surface area (Å²) < 4.78 is 0. The molecule has 0 heterocycles. The monoisotopic (exact) mass is 381 g/mol. The number of nitrogens with one attached hydrogen (secondary N) is 1. The highest BCUT2D eigenvalue weighted by Gasteiger charge is 2.20. The molecule has 1 N–H and O–H groups in total. The fourth-order valence-corrected chi connectivity index (χ4v) is 2.68. The first-order valence-electron chi connectivity index (χ1n) is 6.98. The van der Waals surface area contributed by atoms with Crippen molar-refractivity contribution in [2.24, 2.45) is 0 Å². The topological polar surface area (TPSA) is 112 Å². The fraction of sp³-hybridized carbons (Fsp3) is 0.125. The van der Waals surface area contributed by atoms with Gasteiger partial charge in [0.15, 0.2) is 0 Å². The lowest BCUT2D eigenvalue weighted by atomic mass is 10.0. The number of hydrogen-bond donors (Lipinski definition) is 1. The van der Waals surface area contributed by atoms with Crippen molar-refractivity contribution in [2.75, 3.05) is 0 Å². The van der Waals surface area contributed by atoms with Crippen molar-refractivity contribution < 1.29 is 19.6 Å². The number of rotatable bonds is 6. The maximum absolute atomic E-state index is 12.4. The number of nitrogens with zero attached hydrogens (tertiary/aromatic N) is 1. The number of carbonyl (C=O) groups excluding carboxylic acids is 2. The summed E-state index contributed by atoms with van der Waals surface area (Å²) in [4.78, 5) is 33.6. The number of non-ortho nitro benzene ring substituents is 1. The third-order valence-electron chi connectivity index (χ3n) is 3.34. The van der Waals surface area contributed by atoms with E-state index in [2.05, 4.69) is 5.32 Å². The van der Waals surface area contributed by atoms with Gasteiger partial charge < -0.3 is 15.2 Å². The number of nitro groups is 1. The van der Waals surface area contributed by atoms with Crippen LogP contribution in [0.15, 0.2) is 42.5 Å². The van der Waals surface area contributed by atoms with Gasteiger partial charge in [0.05, 0.1) is 21.6 Å². The second kappa shape index (κ2) is 7.96. The number of carboxylic acid groups (broad SMARTS) is 1. The molecule has 0 saturated heterocycles. The van der Waals surface area contributed by atoms with Crippen LogP contribution in [0.4, 0.5) is 5.69 Å². The summed E-state index contributed by atoms with van der Waals surface area (Å²) in [7, 11) is 0. The first-order valence-corrected chi connectivity index (χ1v) is 7.73. The first-order chi connectivity index (χ1) is 11.8. The van der Waals surface area contributed by atoms with Crippen LogP contribution in [0, 0.1) is 10.1 Å². The van der Waals surface area contributed by atoms with Crippen LogP contribution in [0.1, 0.15) is 28.4 Å². The second-order valence-electron chi connectivity index (χ2n) is 5.08. The van der Waals surface area contributed by atoms with Gasteiger partial charge in [0.2, 0.25) is 0 Å². The van der Waals surface area contributed by atoms with E-state index >= 15 is 0 Å². The van der Waals surface area contributed by atoms with Gasteiger partial charge in [-0.2, -0.15) is 0 Å². The highest BCUT2D eigenvalue weighted by atomic mass is 35.5. The molecule has 0 aliphatic carbocycles. The van der Waals surface area contributed by atoms with Crippen LogP contribution in [0.2, 0.25) is 10.0 Å². The maximum Gasteiger partial charge on any atom is 0.269 e. The molecule has 0 fully saturated rings. The van der Waals surface area contributed by atoms with E-state index in [1.807, 2.05) is 0 Å². The molecule has 1 atom stereocenters. The van der Waals surface area contributed by atoms with Crippen molar-refractivity contribution in [3.8, 4) is 0 Å². The normalized spacial score (nSPS) is 11.6. The lowest BCUT2D eigenvalue weighted by molar-refractivity contribution is -0.385. The number of carbonyl (C=O) groups is 2. The zero-order valence-electron chi connectivity index (χ0n) is 12.6. The Kier molecular flexibility index (Phi) is 5.95. The Morgan fingerprint density at radius 3 is 2.48 bits per heavy atom. The molecular weight excluding hydrogens is 371 g/mol. The van der Waals surface area contributed by atoms with Gasteiger partial charge in [-0.3, -0.25) is 14.9 Å². The summed E-state index contributed by atoms with van der Waals surface area (Å²) in [6.07, 6.45) is -0.557. The Morgan fingerprint density at radius 1 is 1.16 bits per heavy atom. The molecule has 0 bridgehead atoms. The van der Waals surface area contributed by atoms with Gasteiger partial charge in [-0.15, -0.1) is 0 Å². The summed E-state index contributed by atoms with van der Waals surface area (Å²) >= 11 is 11.7. The predicted molar refractivity (Wildman–Crippen MR) is 89.4 cm³/mol. The zero-order chi connectivity index (χ0) is 18.6. The van der Waals surface area contributed by atoms with Crippen molar-refractivity contribution in [3.05, 3.63) is 73.8 Å². The van der Waals surface area contributed by atoms with Gasteiger partial charge in [0.25, 0.3) is 11.6 Å². The highest BCUT2D eigenvalue weighted by molar-refractivity contribution is 6.36. The molecule has 0 aliphatic rings. The predicted octanol–water partition coefficient (Wildman–Crippen LogP) is 2.51. The van der Waals surface area contributed by atoms with Crippen LogP contribution in [-0.2, 0) is 4.79 Å². The van der Waals surface area contributed by atoms with Crippen molar-refractivity contribution in [1.29, 1.82) is 0 Å². The molecule has 2 aromatic rings. The molecule has 0 aliphatic heterocycles. The van der Waals surface area contributed by atoms with Crippen LogP contribution in [0.5, 0.6) is 0 Å². The number of halogens is 2. The SMILES string of the molecule is O=C([O-])C[C@H](NC(=O)c1ccc(Cl)cc1Cl)c1cccc([N+](=O)[O-])c1. The van der Waals surface area contributed by atoms with Crippen LogP contribution in [0.3, 0.4) is 0 Å². The third kappa shape index (κ3) is 4.91. The maximum atomic E-state index is 12.4. The standard InChI is InChI=1S/C16H12Cl2N2O5/c17-10-4-5-12(13(18)7-10)16(23)19-14(8-15(21)22)9-2-1-3-11(6-9)20(24)25/h1-7,14H,8H2,(H,19,23)(H,21,22)/p-1/t14-/m0/s1. The van der Waals surface area contributed by atoms with Gasteiger partial charge in [-0.25, -0.2) is 0 Å². The molecule has 2 aromatic carbocycles. The molecular formula is C16H11Cl2N2O5-. The van der Waals surface area contributed by atoms with Crippen molar-refractivity contribution in [3.63, 3.8) is 0 Å². The summed E-state index contributed by atoms with van der Waals surface area (Å²) in [6, 6.07) is 8.53. The Bertz CT molecular complexity index is 841. The van der Waals surface area contributed by atoms with E-state index in [4.69, 9.17) is 23.2 Å². The van der Waals surface area contributed by atoms with E-state index in [1.54, 1.807) is 0 Å². The zero-order valence-corrected chi connectivity index (χ0v) is 14.1. The van der Waals surface area contributed by atoms with Gasteiger partial charge in [0, 0.05) is 29.5 Å². The molecule has 0 spiro atoms. The van der Waals surface area contributed by atoms with E-state index in [-0.39, 0.29) is 21.8 Å². The molecule has 130 valence electrons. The average Bonchev–Trinajstić information content (AvgIpc) is 2.53. The second-order valence-corrected chi connectivity index (χ2v) is 5.92. The third-order valence-corrected chi connectivity index (χ3v) is 3.88. The minimum atomic E-state index is -1.42. The smallest absolute Gasteiger partial charge is 0.269 e. The Morgan fingerprint density at radius 2 is 1.88 bits per heavy atom. The lowest BCUT2D eigenvalue weighted by Crippen LogP contribution is -2.34. The van der Waals surface area contributed by atoms with E-state index < -0.39 is 29.3 Å². The van der Waals surface area contributed by atoms with Crippen molar-refractivity contribution >= 4 is 40.8 Å². The molecule has 25 heavy (non-hydrogen) atoms. The summed E-state index contributed by atoms with van der Waals surface area (Å²) in [5, 5.41) is 24.8. The highest BCUT2D eigenvalue weighted by Crippen LogP contribution is 2.24. The fourth-order valence-electron chi connectivity index (χ4n) is 2.18. The lowest BCUT2D eigenvalue weighted by Gasteiger charge is -2.20. The number of hydrogen-bond acceptors (Lipinski definition) is 5. The first kappa shape index (κ1) is 18.7. The number of aliphatic carboxylic acids is 1. The molecule has 1 amide bonds. The number of amides is 1. The molecule has 0 radical (unpaired) electrons. The largest absolute Gasteiger partial charge is 0.550 e. The Hall–Kier alpha value is -2.64. The summed E-state index contributed by atoms with van der Waals surface area (Å²) in [5.41, 5.74) is 0.135. The minimum absolute atomic E-state index is 0.0937.